The van der Waals surface area contributed by atoms with E-state index < -0.39 is 0 Å². The third kappa shape index (κ3) is 3.07. The molecule has 0 unspecified atom stereocenters. The molecule has 2 aliphatic rings. The Labute approximate surface area is 133 Å². The molecule has 4 rings (SSSR count). The molecule has 1 amide bonds. The summed E-state index contributed by atoms with van der Waals surface area (Å²) in [4.78, 5) is 12.3. The van der Waals surface area contributed by atoms with Crippen molar-refractivity contribution in [3.05, 3.63) is 29.8 Å². The number of aryl methyl sites for hydroxylation is 1. The summed E-state index contributed by atoms with van der Waals surface area (Å²) in [7, 11) is 1.83. The summed E-state index contributed by atoms with van der Waals surface area (Å²) in [5, 5.41) is 14.1. The van der Waals surface area contributed by atoms with Gasteiger partial charge in [0.05, 0.1) is 31.6 Å². The molecule has 0 radical (unpaired) electrons. The Bertz CT molecular complexity index is 706. The van der Waals surface area contributed by atoms with Gasteiger partial charge in [-0.2, -0.15) is 10.2 Å². The van der Waals surface area contributed by atoms with Crippen LogP contribution in [0.2, 0.25) is 0 Å². The fraction of sp³-hybridized carbons (Fsp3) is 0.533. The minimum Gasteiger partial charge on any atom is -0.482 e. The second-order valence-corrected chi connectivity index (χ2v) is 6.11. The number of nitrogens with zero attached hydrogens (tertiary/aromatic N) is 3. The van der Waals surface area contributed by atoms with E-state index in [0.717, 1.165) is 5.69 Å². The molecule has 0 bridgehead atoms. The van der Waals surface area contributed by atoms with Crippen LogP contribution in [-0.2, 0) is 11.8 Å². The van der Waals surface area contributed by atoms with E-state index in [0.29, 0.717) is 30.6 Å². The molecule has 8 nitrogen and oxygen atoms in total. The van der Waals surface area contributed by atoms with Crippen molar-refractivity contribution in [2.24, 2.45) is 7.05 Å². The number of ether oxygens (including phenoxy) is 2. The van der Waals surface area contributed by atoms with Crippen LogP contribution in [0, 0.1) is 0 Å². The number of aromatic amines is 1. The predicted octanol–water partition coefficient (Wildman–Crippen LogP) is 0.597. The first-order chi connectivity index (χ1) is 11.2. The highest BCUT2D eigenvalue weighted by Crippen LogP contribution is 2.38. The Morgan fingerprint density at radius 1 is 1.48 bits per heavy atom. The van der Waals surface area contributed by atoms with E-state index in [4.69, 9.17) is 9.47 Å². The van der Waals surface area contributed by atoms with Crippen LogP contribution in [0.15, 0.2) is 18.5 Å². The number of H-pyrrole nitrogens is 1. The molecule has 23 heavy (non-hydrogen) atoms. The molecule has 0 spiro atoms. The lowest BCUT2D eigenvalue weighted by atomic mass is 10.2. The number of hydrogen-bond acceptors (Lipinski definition) is 5. The summed E-state index contributed by atoms with van der Waals surface area (Å²) in [6.07, 6.45) is 5.53. The van der Waals surface area contributed by atoms with Crippen LogP contribution in [-0.4, -0.2) is 51.2 Å². The van der Waals surface area contributed by atoms with E-state index in [1.807, 2.05) is 13.1 Å². The summed E-state index contributed by atoms with van der Waals surface area (Å²) >= 11 is 0. The zero-order chi connectivity index (χ0) is 15.8. The van der Waals surface area contributed by atoms with E-state index in [1.165, 1.54) is 12.8 Å². The summed E-state index contributed by atoms with van der Waals surface area (Å²) in [5.41, 5.74) is 1.46. The molecular weight excluding hydrogens is 298 g/mol. The Morgan fingerprint density at radius 2 is 2.35 bits per heavy atom. The number of hydrogen-bond donors (Lipinski definition) is 2. The SMILES string of the molecule is Cn1cc(O[C@@H]2COC[C@@H]2NC(=O)c2cc(C3CC3)[nH]n2)cn1. The van der Waals surface area contributed by atoms with Crippen molar-refractivity contribution in [3.8, 4) is 5.75 Å². The van der Waals surface area contributed by atoms with Gasteiger partial charge in [-0.1, -0.05) is 0 Å². The maximum absolute atomic E-state index is 12.3. The van der Waals surface area contributed by atoms with Crippen LogP contribution in [0.3, 0.4) is 0 Å². The molecule has 2 atom stereocenters. The minimum atomic E-state index is -0.231. The van der Waals surface area contributed by atoms with Gasteiger partial charge in [-0.15, -0.1) is 0 Å². The first-order valence-corrected chi connectivity index (χ1v) is 7.78. The fourth-order valence-electron chi connectivity index (χ4n) is 2.72. The van der Waals surface area contributed by atoms with Gasteiger partial charge in [-0.25, -0.2) is 0 Å². The van der Waals surface area contributed by atoms with Crippen LogP contribution in [0.4, 0.5) is 0 Å². The van der Waals surface area contributed by atoms with Crippen molar-refractivity contribution >= 4 is 5.91 Å². The first kappa shape index (κ1) is 14.3. The third-order valence-electron chi connectivity index (χ3n) is 4.16. The van der Waals surface area contributed by atoms with Crippen LogP contribution in [0.25, 0.3) is 0 Å². The minimum absolute atomic E-state index is 0.205. The van der Waals surface area contributed by atoms with Crippen LogP contribution >= 0.6 is 0 Å². The van der Waals surface area contributed by atoms with Crippen LogP contribution in [0.1, 0.15) is 34.9 Å². The standard InChI is InChI=1S/C15H19N5O3/c1-20-6-10(5-16-20)23-14-8-22-7-13(14)17-15(21)12-4-11(18-19-12)9-2-3-9/h4-6,9,13-14H,2-3,7-8H2,1H3,(H,17,21)(H,18,19)/t13-,14+/m0/s1. The van der Waals surface area contributed by atoms with Gasteiger partial charge in [0, 0.05) is 18.7 Å². The quantitative estimate of drug-likeness (QED) is 0.842. The second-order valence-electron chi connectivity index (χ2n) is 6.11. The van der Waals surface area contributed by atoms with Crippen molar-refractivity contribution in [1.29, 1.82) is 0 Å². The lowest BCUT2D eigenvalue weighted by molar-refractivity contribution is 0.0899. The van der Waals surface area contributed by atoms with E-state index >= 15 is 0 Å². The molecule has 2 fully saturated rings. The van der Waals surface area contributed by atoms with Crippen molar-refractivity contribution in [2.45, 2.75) is 30.9 Å². The molecular formula is C15H19N5O3. The number of carbonyl (C=O) groups excluding carboxylic acids is 1. The number of carbonyl (C=O) groups is 1. The highest BCUT2D eigenvalue weighted by molar-refractivity contribution is 5.92. The monoisotopic (exact) mass is 317 g/mol. The lowest BCUT2D eigenvalue weighted by Crippen LogP contribution is -2.45. The van der Waals surface area contributed by atoms with Crippen molar-refractivity contribution in [2.75, 3.05) is 13.2 Å². The average molecular weight is 317 g/mol. The largest absolute Gasteiger partial charge is 0.482 e. The molecule has 1 aliphatic carbocycles. The van der Waals surface area contributed by atoms with Crippen LogP contribution in [0.5, 0.6) is 5.75 Å². The summed E-state index contributed by atoms with van der Waals surface area (Å²) < 4.78 is 13.0. The van der Waals surface area contributed by atoms with E-state index in [2.05, 4.69) is 20.6 Å². The Morgan fingerprint density at radius 3 is 3.09 bits per heavy atom. The summed E-state index contributed by atoms with van der Waals surface area (Å²) in [6.45, 7) is 0.865. The van der Waals surface area contributed by atoms with Gasteiger partial charge in [-0.3, -0.25) is 14.6 Å². The molecule has 8 heteroatoms. The maximum Gasteiger partial charge on any atom is 0.272 e. The highest BCUT2D eigenvalue weighted by atomic mass is 16.5. The van der Waals surface area contributed by atoms with Crippen molar-refractivity contribution in [1.82, 2.24) is 25.3 Å². The van der Waals surface area contributed by atoms with Gasteiger partial charge in [0.25, 0.3) is 5.91 Å². The number of nitrogens with one attached hydrogen (secondary N) is 2. The van der Waals surface area contributed by atoms with Crippen LogP contribution < -0.4 is 10.1 Å². The van der Waals surface area contributed by atoms with Gasteiger partial charge in [0.2, 0.25) is 0 Å². The molecule has 1 saturated carbocycles. The smallest absolute Gasteiger partial charge is 0.272 e. The Balaban J connectivity index is 1.38. The van der Waals surface area contributed by atoms with Crippen molar-refractivity contribution < 1.29 is 14.3 Å². The van der Waals surface area contributed by atoms with Gasteiger partial charge in [0.1, 0.15) is 11.8 Å². The fourth-order valence-corrected chi connectivity index (χ4v) is 2.72. The molecule has 1 aliphatic heterocycles. The second kappa shape index (κ2) is 5.69. The predicted molar refractivity (Wildman–Crippen MR) is 80.3 cm³/mol. The Hall–Kier alpha value is -2.35. The molecule has 0 aromatic carbocycles. The third-order valence-corrected chi connectivity index (χ3v) is 4.16. The van der Waals surface area contributed by atoms with Gasteiger partial charge in [-0.05, 0) is 18.9 Å². The summed E-state index contributed by atoms with van der Waals surface area (Å²) in [5.74, 6) is 1.00. The highest BCUT2D eigenvalue weighted by Gasteiger charge is 2.33. The zero-order valence-corrected chi connectivity index (χ0v) is 12.9. The van der Waals surface area contributed by atoms with Crippen molar-refractivity contribution in [3.63, 3.8) is 0 Å². The first-order valence-electron chi connectivity index (χ1n) is 7.78. The van der Waals surface area contributed by atoms with Gasteiger partial charge in [0.15, 0.2) is 5.75 Å². The number of aromatic nitrogens is 4. The summed E-state index contributed by atoms with van der Waals surface area (Å²) in [6, 6.07) is 1.63. The molecule has 3 heterocycles. The van der Waals surface area contributed by atoms with E-state index in [1.54, 1.807) is 17.1 Å². The molecule has 2 aromatic heterocycles. The molecule has 122 valence electrons. The van der Waals surface area contributed by atoms with Gasteiger partial charge < -0.3 is 14.8 Å². The Kier molecular flexibility index (Phi) is 3.53. The number of rotatable bonds is 5. The molecule has 2 aromatic rings. The number of amides is 1. The maximum atomic E-state index is 12.3. The van der Waals surface area contributed by atoms with Gasteiger partial charge >= 0.3 is 0 Å². The zero-order valence-electron chi connectivity index (χ0n) is 12.9. The van der Waals surface area contributed by atoms with E-state index in [9.17, 15) is 4.79 Å². The molecule has 1 saturated heterocycles. The molecule has 2 N–H and O–H groups in total. The lowest BCUT2D eigenvalue weighted by Gasteiger charge is -2.19. The average Bonchev–Trinajstić information content (AvgIpc) is 2.94. The van der Waals surface area contributed by atoms with E-state index in [-0.39, 0.29) is 18.1 Å². The normalized spacial score (nSPS) is 23.9. The topological polar surface area (TPSA) is 94.1 Å².